The second kappa shape index (κ2) is 6.66. The Kier molecular flexibility index (Phi) is 4.89. The summed E-state index contributed by atoms with van der Waals surface area (Å²) < 4.78 is 0. The fraction of sp³-hybridized carbons (Fsp3) is 0.692. The maximum atomic E-state index is 12.3. The number of carbonyl (C=O) groups is 1. The maximum Gasteiger partial charge on any atom is 0.322 e. The zero-order chi connectivity index (χ0) is 15.4. The number of nitrogens with zero attached hydrogens (tertiary/aromatic N) is 2. The Hall–Kier alpha value is -1.96. The smallest absolute Gasteiger partial charge is 0.322 e. The molecule has 1 aliphatic rings. The first-order chi connectivity index (χ1) is 10.0. The zero-order valence-electron chi connectivity index (χ0n) is 12.3. The summed E-state index contributed by atoms with van der Waals surface area (Å²) >= 11 is 0. The normalized spacial score (nSPS) is 22.0. The summed E-state index contributed by atoms with van der Waals surface area (Å²) in [6, 6.07) is 0.119. The molecule has 0 spiro atoms. The summed E-state index contributed by atoms with van der Waals surface area (Å²) in [5.41, 5.74) is 0.0782. The van der Waals surface area contributed by atoms with Gasteiger partial charge >= 0.3 is 5.69 Å². The van der Waals surface area contributed by atoms with Crippen molar-refractivity contribution >= 4 is 11.6 Å². The molecule has 1 aromatic rings. The highest BCUT2D eigenvalue weighted by molar-refractivity contribution is 5.96. The number of hydrogen-bond donors (Lipinski definition) is 3. The molecular formula is C13H21N5O3. The molecule has 2 rings (SSSR count). The van der Waals surface area contributed by atoms with Crippen molar-refractivity contribution in [2.45, 2.75) is 51.6 Å². The van der Waals surface area contributed by atoms with Gasteiger partial charge in [0.15, 0.2) is 0 Å². The number of aromatic amines is 1. The number of H-pyrrole nitrogens is 1. The van der Waals surface area contributed by atoms with Crippen LogP contribution in [0, 0.1) is 10.1 Å². The summed E-state index contributed by atoms with van der Waals surface area (Å²) in [7, 11) is 0. The Bertz CT molecular complexity index is 528. The lowest BCUT2D eigenvalue weighted by molar-refractivity contribution is -0.385. The molecule has 1 saturated heterocycles. The topological polar surface area (TPSA) is 113 Å². The summed E-state index contributed by atoms with van der Waals surface area (Å²) in [6.45, 7) is 4.84. The van der Waals surface area contributed by atoms with Crippen LogP contribution in [0.3, 0.4) is 0 Å². The molecule has 1 aromatic heterocycles. The molecular weight excluding hydrogens is 274 g/mol. The van der Waals surface area contributed by atoms with Crippen LogP contribution < -0.4 is 10.6 Å². The van der Waals surface area contributed by atoms with E-state index in [0.717, 1.165) is 25.8 Å². The van der Waals surface area contributed by atoms with Gasteiger partial charge in [-0.05, 0) is 32.7 Å². The van der Waals surface area contributed by atoms with Crippen molar-refractivity contribution < 1.29 is 9.72 Å². The molecule has 8 nitrogen and oxygen atoms in total. The number of amides is 1. The van der Waals surface area contributed by atoms with E-state index in [1.165, 1.54) is 0 Å². The van der Waals surface area contributed by atoms with Gasteiger partial charge in [-0.15, -0.1) is 0 Å². The van der Waals surface area contributed by atoms with E-state index in [4.69, 9.17) is 0 Å². The van der Waals surface area contributed by atoms with Gasteiger partial charge in [-0.1, -0.05) is 13.3 Å². The predicted octanol–water partition coefficient (Wildman–Crippen LogP) is 1.14. The zero-order valence-corrected chi connectivity index (χ0v) is 12.3. The number of piperidine rings is 1. The number of nitrogens with one attached hydrogen (secondary N) is 3. The molecule has 3 N–H and O–H groups in total. The number of aromatic nitrogens is 2. The molecule has 21 heavy (non-hydrogen) atoms. The predicted molar refractivity (Wildman–Crippen MR) is 77.2 cm³/mol. The molecule has 2 heterocycles. The Balaban J connectivity index is 2.16. The number of rotatable bonds is 5. The SMILES string of the molecule is CCCc1[nH]nc(C(=O)NC2CCCNC2C)c1[N+](=O)[O-]. The number of aryl methyl sites for hydroxylation is 1. The maximum absolute atomic E-state index is 12.3. The molecule has 2 atom stereocenters. The third kappa shape index (κ3) is 3.38. The van der Waals surface area contributed by atoms with Crippen molar-refractivity contribution in [3.05, 3.63) is 21.5 Å². The van der Waals surface area contributed by atoms with Crippen molar-refractivity contribution in [1.82, 2.24) is 20.8 Å². The van der Waals surface area contributed by atoms with Crippen LogP contribution in [-0.4, -0.2) is 39.7 Å². The van der Waals surface area contributed by atoms with Crippen LogP contribution in [0.5, 0.6) is 0 Å². The van der Waals surface area contributed by atoms with Gasteiger partial charge < -0.3 is 10.6 Å². The molecule has 0 saturated carbocycles. The van der Waals surface area contributed by atoms with Crippen LogP contribution >= 0.6 is 0 Å². The van der Waals surface area contributed by atoms with E-state index in [9.17, 15) is 14.9 Å². The summed E-state index contributed by atoms with van der Waals surface area (Å²) in [6.07, 6.45) is 3.07. The monoisotopic (exact) mass is 295 g/mol. The number of nitro groups is 1. The van der Waals surface area contributed by atoms with Gasteiger partial charge in [-0.25, -0.2) is 0 Å². The second-order valence-corrected chi connectivity index (χ2v) is 5.37. The first-order valence-corrected chi connectivity index (χ1v) is 7.30. The van der Waals surface area contributed by atoms with E-state index in [1.54, 1.807) is 0 Å². The third-order valence-electron chi connectivity index (χ3n) is 3.79. The van der Waals surface area contributed by atoms with Gasteiger partial charge in [0, 0.05) is 12.1 Å². The van der Waals surface area contributed by atoms with Crippen molar-refractivity contribution in [2.24, 2.45) is 0 Å². The number of carbonyl (C=O) groups excluding carboxylic acids is 1. The lowest BCUT2D eigenvalue weighted by atomic mass is 10.00. The van der Waals surface area contributed by atoms with Crippen molar-refractivity contribution in [3.63, 3.8) is 0 Å². The van der Waals surface area contributed by atoms with Gasteiger partial charge in [0.25, 0.3) is 5.91 Å². The van der Waals surface area contributed by atoms with Crippen LogP contribution in [0.1, 0.15) is 49.3 Å². The molecule has 2 unspecified atom stereocenters. The molecule has 1 aliphatic heterocycles. The molecule has 0 bridgehead atoms. The first-order valence-electron chi connectivity index (χ1n) is 7.30. The first kappa shape index (κ1) is 15.4. The van der Waals surface area contributed by atoms with Gasteiger partial charge in [0.2, 0.25) is 5.69 Å². The molecule has 1 amide bonds. The van der Waals surface area contributed by atoms with Crippen molar-refractivity contribution in [2.75, 3.05) is 6.54 Å². The second-order valence-electron chi connectivity index (χ2n) is 5.37. The minimum Gasteiger partial charge on any atom is -0.346 e. The van der Waals surface area contributed by atoms with E-state index in [-0.39, 0.29) is 23.5 Å². The molecule has 116 valence electrons. The van der Waals surface area contributed by atoms with Gasteiger partial charge in [-0.3, -0.25) is 20.0 Å². The minimum atomic E-state index is -0.536. The number of hydrogen-bond acceptors (Lipinski definition) is 5. The fourth-order valence-electron chi connectivity index (χ4n) is 2.63. The van der Waals surface area contributed by atoms with E-state index in [0.29, 0.717) is 12.1 Å². The third-order valence-corrected chi connectivity index (χ3v) is 3.79. The van der Waals surface area contributed by atoms with Crippen LogP contribution in [0.25, 0.3) is 0 Å². The Morgan fingerprint density at radius 3 is 2.95 bits per heavy atom. The average Bonchev–Trinajstić information content (AvgIpc) is 2.86. The summed E-state index contributed by atoms with van der Waals surface area (Å²) in [5.74, 6) is -0.485. The Morgan fingerprint density at radius 1 is 1.57 bits per heavy atom. The van der Waals surface area contributed by atoms with Crippen LogP contribution in [-0.2, 0) is 6.42 Å². The van der Waals surface area contributed by atoms with Gasteiger partial charge in [-0.2, -0.15) is 5.10 Å². The standard InChI is InChI=1S/C13H21N5O3/c1-3-5-10-12(18(20)21)11(17-16-10)13(19)15-9-6-4-7-14-8(9)2/h8-9,14H,3-7H2,1-2H3,(H,15,19)(H,16,17). The van der Waals surface area contributed by atoms with E-state index >= 15 is 0 Å². The van der Waals surface area contributed by atoms with Crippen molar-refractivity contribution in [3.8, 4) is 0 Å². The summed E-state index contributed by atoms with van der Waals surface area (Å²) in [4.78, 5) is 22.9. The molecule has 0 aliphatic carbocycles. The van der Waals surface area contributed by atoms with Crippen molar-refractivity contribution in [1.29, 1.82) is 0 Å². The molecule has 8 heteroatoms. The van der Waals surface area contributed by atoms with Crippen LogP contribution in [0.4, 0.5) is 5.69 Å². The van der Waals surface area contributed by atoms with E-state index < -0.39 is 10.8 Å². The highest BCUT2D eigenvalue weighted by Crippen LogP contribution is 2.22. The fourth-order valence-corrected chi connectivity index (χ4v) is 2.63. The largest absolute Gasteiger partial charge is 0.346 e. The lowest BCUT2D eigenvalue weighted by Gasteiger charge is -2.30. The van der Waals surface area contributed by atoms with Gasteiger partial charge in [0.1, 0.15) is 5.69 Å². The van der Waals surface area contributed by atoms with Crippen LogP contribution in [0.15, 0.2) is 0 Å². The highest BCUT2D eigenvalue weighted by Gasteiger charge is 2.31. The lowest BCUT2D eigenvalue weighted by Crippen LogP contribution is -2.52. The quantitative estimate of drug-likeness (QED) is 0.557. The Morgan fingerprint density at radius 2 is 2.33 bits per heavy atom. The minimum absolute atomic E-state index is 0.0304. The molecule has 0 aromatic carbocycles. The van der Waals surface area contributed by atoms with Gasteiger partial charge in [0.05, 0.1) is 4.92 Å². The Labute approximate surface area is 122 Å². The average molecular weight is 295 g/mol. The molecule has 0 radical (unpaired) electrons. The van der Waals surface area contributed by atoms with E-state index in [2.05, 4.69) is 20.8 Å². The summed E-state index contributed by atoms with van der Waals surface area (Å²) in [5, 5.41) is 23.8. The van der Waals surface area contributed by atoms with Crippen LogP contribution in [0.2, 0.25) is 0 Å². The molecule has 1 fully saturated rings. The highest BCUT2D eigenvalue weighted by atomic mass is 16.6. The van der Waals surface area contributed by atoms with E-state index in [1.807, 2.05) is 13.8 Å².